The highest BCUT2D eigenvalue weighted by Crippen LogP contribution is 1.99. The summed E-state index contributed by atoms with van der Waals surface area (Å²) < 4.78 is 3.45. The van der Waals surface area contributed by atoms with Crippen LogP contribution in [0.15, 0.2) is 17.2 Å². The first kappa shape index (κ1) is 16.9. The van der Waals surface area contributed by atoms with Crippen molar-refractivity contribution in [1.29, 1.82) is 0 Å². The molecule has 1 amide bonds. The minimum atomic E-state index is -0.314. The number of hydrogen-bond donors (Lipinski definition) is 1. The summed E-state index contributed by atoms with van der Waals surface area (Å²) in [5, 5.41) is 10.7. The zero-order valence-electron chi connectivity index (χ0n) is 13.7. The summed E-state index contributed by atoms with van der Waals surface area (Å²) in [6, 6.07) is 1.83. The van der Waals surface area contributed by atoms with Gasteiger partial charge in [-0.25, -0.2) is 4.79 Å². The molecule has 0 spiro atoms. The molecule has 0 bridgehead atoms. The minimum absolute atomic E-state index is 0.0977. The highest BCUT2D eigenvalue weighted by molar-refractivity contribution is 5.75. The number of aryl methyl sites for hydroxylation is 3. The van der Waals surface area contributed by atoms with Crippen molar-refractivity contribution in [2.75, 3.05) is 6.54 Å². The molecule has 2 aromatic rings. The maximum Gasteiger partial charge on any atom is 0.347 e. The van der Waals surface area contributed by atoms with Crippen molar-refractivity contribution in [2.45, 2.75) is 46.7 Å². The fraction of sp³-hybridized carbons (Fsp3) is 0.533. The van der Waals surface area contributed by atoms with Gasteiger partial charge in [0, 0.05) is 43.9 Å². The van der Waals surface area contributed by atoms with Gasteiger partial charge in [0.05, 0.1) is 0 Å². The van der Waals surface area contributed by atoms with Crippen molar-refractivity contribution in [3.8, 4) is 0 Å². The van der Waals surface area contributed by atoms with Gasteiger partial charge in [-0.15, -0.1) is 10.2 Å². The van der Waals surface area contributed by atoms with E-state index < -0.39 is 0 Å². The maximum absolute atomic E-state index is 11.9. The van der Waals surface area contributed by atoms with Crippen LogP contribution < -0.4 is 11.0 Å². The Labute approximate surface area is 134 Å². The Hall–Kier alpha value is -2.51. The summed E-state index contributed by atoms with van der Waals surface area (Å²) in [6.07, 6.45) is 2.55. The molecule has 8 heteroatoms. The van der Waals surface area contributed by atoms with Crippen LogP contribution in [0, 0.1) is 13.8 Å². The molecule has 0 atom stereocenters. The van der Waals surface area contributed by atoms with E-state index in [4.69, 9.17) is 0 Å². The van der Waals surface area contributed by atoms with E-state index >= 15 is 0 Å². The maximum atomic E-state index is 11.9. The Morgan fingerprint density at radius 1 is 1.35 bits per heavy atom. The predicted octanol–water partition coefficient (Wildman–Crippen LogP) is 0.221. The van der Waals surface area contributed by atoms with Gasteiger partial charge in [-0.3, -0.25) is 9.36 Å². The van der Waals surface area contributed by atoms with Crippen LogP contribution in [0.1, 0.15) is 30.6 Å². The first-order valence-electron chi connectivity index (χ1n) is 7.69. The SMILES string of the molecule is CCn1cnnc1CCNC(=O)CCn1c(C)cc(C)nc1=O. The normalized spacial score (nSPS) is 10.7. The Bertz CT molecular complexity index is 734. The number of aromatic nitrogens is 5. The molecule has 124 valence electrons. The molecular formula is C15H22N6O2. The molecular weight excluding hydrogens is 296 g/mol. The van der Waals surface area contributed by atoms with E-state index in [-0.39, 0.29) is 18.0 Å². The third-order valence-corrected chi connectivity index (χ3v) is 3.62. The van der Waals surface area contributed by atoms with Gasteiger partial charge in [-0.05, 0) is 26.8 Å². The summed E-state index contributed by atoms with van der Waals surface area (Å²) in [4.78, 5) is 27.6. The Balaban J connectivity index is 1.81. The lowest BCUT2D eigenvalue weighted by Gasteiger charge is -2.10. The smallest absolute Gasteiger partial charge is 0.347 e. The van der Waals surface area contributed by atoms with Crippen LogP contribution in [0.3, 0.4) is 0 Å². The molecule has 2 aromatic heterocycles. The minimum Gasteiger partial charge on any atom is -0.356 e. The van der Waals surface area contributed by atoms with Crippen molar-refractivity contribution >= 4 is 5.91 Å². The first-order chi connectivity index (χ1) is 11.0. The van der Waals surface area contributed by atoms with Gasteiger partial charge in [0.25, 0.3) is 0 Å². The number of nitrogens with zero attached hydrogens (tertiary/aromatic N) is 5. The number of carbonyl (C=O) groups excluding carboxylic acids is 1. The Morgan fingerprint density at radius 2 is 2.13 bits per heavy atom. The van der Waals surface area contributed by atoms with Crippen molar-refractivity contribution in [1.82, 2.24) is 29.6 Å². The van der Waals surface area contributed by atoms with Crippen molar-refractivity contribution in [3.05, 3.63) is 40.1 Å². The van der Waals surface area contributed by atoms with Crippen LogP contribution in [0.4, 0.5) is 0 Å². The second kappa shape index (κ2) is 7.66. The number of nitrogens with one attached hydrogen (secondary N) is 1. The zero-order valence-corrected chi connectivity index (χ0v) is 13.7. The monoisotopic (exact) mass is 318 g/mol. The average molecular weight is 318 g/mol. The summed E-state index contributed by atoms with van der Waals surface area (Å²) in [7, 11) is 0. The van der Waals surface area contributed by atoms with Gasteiger partial charge < -0.3 is 9.88 Å². The van der Waals surface area contributed by atoms with Crippen molar-refractivity contribution in [2.24, 2.45) is 0 Å². The molecule has 0 radical (unpaired) electrons. The van der Waals surface area contributed by atoms with Crippen LogP contribution in [-0.4, -0.2) is 36.8 Å². The van der Waals surface area contributed by atoms with Gasteiger partial charge >= 0.3 is 5.69 Å². The van der Waals surface area contributed by atoms with Crippen LogP contribution in [-0.2, 0) is 24.3 Å². The van der Waals surface area contributed by atoms with E-state index in [2.05, 4.69) is 20.5 Å². The topological polar surface area (TPSA) is 94.7 Å². The quantitative estimate of drug-likeness (QED) is 0.788. The van der Waals surface area contributed by atoms with E-state index in [9.17, 15) is 9.59 Å². The second-order valence-corrected chi connectivity index (χ2v) is 5.36. The van der Waals surface area contributed by atoms with Gasteiger partial charge in [-0.2, -0.15) is 4.98 Å². The van der Waals surface area contributed by atoms with Gasteiger partial charge in [-0.1, -0.05) is 0 Å². The van der Waals surface area contributed by atoms with Crippen LogP contribution >= 0.6 is 0 Å². The molecule has 0 aliphatic carbocycles. The molecule has 23 heavy (non-hydrogen) atoms. The van der Waals surface area contributed by atoms with Crippen LogP contribution in [0.25, 0.3) is 0 Å². The standard InChI is InChI=1S/C15H22N6O2/c1-4-20-10-17-19-13(20)5-7-16-14(22)6-8-21-12(3)9-11(2)18-15(21)23/h9-10H,4-8H2,1-3H3,(H,16,22). The first-order valence-corrected chi connectivity index (χ1v) is 7.69. The van der Waals surface area contributed by atoms with E-state index in [0.29, 0.717) is 25.2 Å². The highest BCUT2D eigenvalue weighted by atomic mass is 16.2. The number of rotatable bonds is 7. The number of hydrogen-bond acceptors (Lipinski definition) is 5. The molecule has 2 heterocycles. The van der Waals surface area contributed by atoms with Crippen molar-refractivity contribution in [3.63, 3.8) is 0 Å². The third kappa shape index (κ3) is 4.48. The van der Waals surface area contributed by atoms with E-state index in [1.54, 1.807) is 13.3 Å². The molecule has 1 N–H and O–H groups in total. The lowest BCUT2D eigenvalue weighted by molar-refractivity contribution is -0.121. The largest absolute Gasteiger partial charge is 0.356 e. The van der Waals surface area contributed by atoms with Gasteiger partial charge in [0.2, 0.25) is 5.91 Å². The average Bonchev–Trinajstić information content (AvgIpc) is 2.93. The van der Waals surface area contributed by atoms with Crippen LogP contribution in [0.2, 0.25) is 0 Å². The molecule has 2 rings (SSSR count). The van der Waals surface area contributed by atoms with Crippen molar-refractivity contribution < 1.29 is 4.79 Å². The molecule has 0 aromatic carbocycles. The molecule has 0 aliphatic rings. The van der Waals surface area contributed by atoms with E-state index in [1.807, 2.05) is 24.5 Å². The molecule has 0 saturated carbocycles. The lowest BCUT2D eigenvalue weighted by atomic mass is 10.3. The zero-order chi connectivity index (χ0) is 16.8. The second-order valence-electron chi connectivity index (χ2n) is 5.36. The Morgan fingerprint density at radius 3 is 2.83 bits per heavy atom. The fourth-order valence-corrected chi connectivity index (χ4v) is 2.40. The van der Waals surface area contributed by atoms with Crippen LogP contribution in [0.5, 0.6) is 0 Å². The molecule has 8 nitrogen and oxygen atoms in total. The predicted molar refractivity (Wildman–Crippen MR) is 85.0 cm³/mol. The summed E-state index contributed by atoms with van der Waals surface area (Å²) >= 11 is 0. The molecule has 0 saturated heterocycles. The van der Waals surface area contributed by atoms with E-state index in [1.165, 1.54) is 4.57 Å². The summed E-state index contributed by atoms with van der Waals surface area (Å²) in [5.74, 6) is 0.752. The summed E-state index contributed by atoms with van der Waals surface area (Å²) in [5.41, 5.74) is 1.19. The van der Waals surface area contributed by atoms with Gasteiger partial charge in [0.1, 0.15) is 12.2 Å². The third-order valence-electron chi connectivity index (χ3n) is 3.62. The van der Waals surface area contributed by atoms with Gasteiger partial charge in [0.15, 0.2) is 0 Å². The number of amides is 1. The Kier molecular flexibility index (Phi) is 5.61. The number of carbonyl (C=O) groups is 1. The lowest BCUT2D eigenvalue weighted by Crippen LogP contribution is -2.31. The fourth-order valence-electron chi connectivity index (χ4n) is 2.40. The molecule has 0 aliphatic heterocycles. The molecule has 0 fully saturated rings. The van der Waals surface area contributed by atoms with E-state index in [0.717, 1.165) is 18.1 Å². The summed E-state index contributed by atoms with van der Waals surface area (Å²) in [6.45, 7) is 7.26. The highest BCUT2D eigenvalue weighted by Gasteiger charge is 2.07. The molecule has 0 unspecified atom stereocenters.